The minimum Gasteiger partial charge on any atom is -0.398 e. The Morgan fingerprint density at radius 1 is 1.15 bits per heavy atom. The molecule has 0 atom stereocenters. The molecule has 20 heavy (non-hydrogen) atoms. The Morgan fingerprint density at radius 2 is 1.85 bits per heavy atom. The highest BCUT2D eigenvalue weighted by molar-refractivity contribution is 6.06. The molecule has 3 N–H and O–H groups in total. The normalized spacial score (nSPS) is 10.3. The van der Waals surface area contributed by atoms with Crippen LogP contribution in [0.25, 0.3) is 0 Å². The maximum absolute atomic E-state index is 12.5. The molecule has 0 heterocycles. The largest absolute Gasteiger partial charge is 0.398 e. The van der Waals surface area contributed by atoms with E-state index in [-0.39, 0.29) is 5.91 Å². The molecule has 3 heteroatoms. The first kappa shape index (κ1) is 14.1. The molecular formula is C17H20N2O. The fourth-order valence-electron chi connectivity index (χ4n) is 2.29. The van der Waals surface area contributed by atoms with Crippen LogP contribution < -0.4 is 11.1 Å². The molecule has 0 unspecified atom stereocenters. The van der Waals surface area contributed by atoms with Gasteiger partial charge in [-0.15, -0.1) is 0 Å². The van der Waals surface area contributed by atoms with Crippen molar-refractivity contribution in [3.8, 4) is 0 Å². The lowest BCUT2D eigenvalue weighted by atomic mass is 10.0. The van der Waals surface area contributed by atoms with Gasteiger partial charge >= 0.3 is 0 Å². The molecule has 0 aliphatic heterocycles. The fraction of sp³-hybridized carbons (Fsp3) is 0.235. The van der Waals surface area contributed by atoms with E-state index in [1.165, 1.54) is 0 Å². The minimum atomic E-state index is -0.0840. The molecule has 0 aromatic heterocycles. The van der Waals surface area contributed by atoms with Crippen LogP contribution in [-0.2, 0) is 6.42 Å². The molecule has 3 nitrogen and oxygen atoms in total. The summed E-state index contributed by atoms with van der Waals surface area (Å²) >= 11 is 0. The summed E-state index contributed by atoms with van der Waals surface area (Å²) in [6.07, 6.45) is 0.832. The van der Waals surface area contributed by atoms with Crippen LogP contribution in [0.3, 0.4) is 0 Å². The lowest BCUT2D eigenvalue weighted by Gasteiger charge is -2.14. The number of aryl methyl sites for hydroxylation is 2. The van der Waals surface area contributed by atoms with E-state index < -0.39 is 0 Å². The quantitative estimate of drug-likeness (QED) is 0.834. The van der Waals surface area contributed by atoms with Crippen molar-refractivity contribution in [2.75, 3.05) is 11.1 Å². The fourth-order valence-corrected chi connectivity index (χ4v) is 2.29. The van der Waals surface area contributed by atoms with Crippen LogP contribution >= 0.6 is 0 Å². The number of anilines is 2. The van der Waals surface area contributed by atoms with Gasteiger partial charge in [-0.1, -0.05) is 31.2 Å². The van der Waals surface area contributed by atoms with Gasteiger partial charge in [-0.25, -0.2) is 0 Å². The van der Waals surface area contributed by atoms with Crippen LogP contribution in [0, 0.1) is 13.8 Å². The summed E-state index contributed by atoms with van der Waals surface area (Å²) < 4.78 is 0. The molecule has 0 aliphatic rings. The highest BCUT2D eigenvalue weighted by Gasteiger charge is 2.13. The Labute approximate surface area is 119 Å². The second-order valence-corrected chi connectivity index (χ2v) is 4.94. The summed E-state index contributed by atoms with van der Waals surface area (Å²) in [5.41, 5.74) is 11.1. The standard InChI is InChI=1S/C17H20N2O/c1-4-13-7-5-6-8-14(13)17(20)19-16-11(2)9-10-15(18)12(16)3/h5-10H,4,18H2,1-3H3,(H,19,20). The van der Waals surface area contributed by atoms with E-state index in [1.54, 1.807) is 0 Å². The summed E-state index contributed by atoms with van der Waals surface area (Å²) in [5, 5.41) is 2.99. The first-order valence-corrected chi connectivity index (χ1v) is 6.79. The highest BCUT2D eigenvalue weighted by atomic mass is 16.1. The molecule has 0 saturated heterocycles. The Hall–Kier alpha value is -2.29. The first-order chi connectivity index (χ1) is 9.54. The van der Waals surface area contributed by atoms with Gasteiger partial charge in [-0.2, -0.15) is 0 Å². The highest BCUT2D eigenvalue weighted by Crippen LogP contribution is 2.26. The van der Waals surface area contributed by atoms with Crippen molar-refractivity contribution in [1.29, 1.82) is 0 Å². The van der Waals surface area contributed by atoms with Crippen LogP contribution in [0.2, 0.25) is 0 Å². The van der Waals surface area contributed by atoms with E-state index in [4.69, 9.17) is 5.73 Å². The molecule has 104 valence electrons. The van der Waals surface area contributed by atoms with E-state index >= 15 is 0 Å². The number of carbonyl (C=O) groups excluding carboxylic acids is 1. The Morgan fingerprint density at radius 3 is 2.55 bits per heavy atom. The predicted octanol–water partition coefficient (Wildman–Crippen LogP) is 3.70. The van der Waals surface area contributed by atoms with Crippen LogP contribution in [0.5, 0.6) is 0 Å². The van der Waals surface area contributed by atoms with E-state index in [2.05, 4.69) is 5.32 Å². The smallest absolute Gasteiger partial charge is 0.255 e. The SMILES string of the molecule is CCc1ccccc1C(=O)Nc1c(C)ccc(N)c1C. The predicted molar refractivity (Wildman–Crippen MR) is 84.1 cm³/mol. The minimum absolute atomic E-state index is 0.0840. The summed E-state index contributed by atoms with van der Waals surface area (Å²) in [5.74, 6) is -0.0840. The van der Waals surface area contributed by atoms with Gasteiger partial charge in [0.1, 0.15) is 0 Å². The van der Waals surface area contributed by atoms with Crippen molar-refractivity contribution in [3.05, 3.63) is 58.7 Å². The van der Waals surface area contributed by atoms with Crippen molar-refractivity contribution in [1.82, 2.24) is 0 Å². The average molecular weight is 268 g/mol. The van der Waals surface area contributed by atoms with Gasteiger partial charge in [0.2, 0.25) is 0 Å². The zero-order valence-corrected chi connectivity index (χ0v) is 12.2. The number of nitrogens with two attached hydrogens (primary N) is 1. The molecule has 0 spiro atoms. The van der Waals surface area contributed by atoms with Gasteiger partial charge in [0.05, 0.1) is 0 Å². The third-order valence-corrected chi connectivity index (χ3v) is 3.60. The average Bonchev–Trinajstić information content (AvgIpc) is 2.47. The number of nitrogen functional groups attached to an aromatic ring is 1. The third kappa shape index (κ3) is 2.67. The number of hydrogen-bond acceptors (Lipinski definition) is 2. The Balaban J connectivity index is 2.35. The molecule has 1 amide bonds. The topological polar surface area (TPSA) is 55.1 Å². The monoisotopic (exact) mass is 268 g/mol. The molecule has 0 aliphatic carbocycles. The van der Waals surface area contributed by atoms with E-state index in [0.29, 0.717) is 5.69 Å². The van der Waals surface area contributed by atoms with Gasteiger partial charge in [0, 0.05) is 16.9 Å². The third-order valence-electron chi connectivity index (χ3n) is 3.60. The van der Waals surface area contributed by atoms with E-state index in [0.717, 1.165) is 34.4 Å². The van der Waals surface area contributed by atoms with Crippen molar-refractivity contribution >= 4 is 17.3 Å². The van der Waals surface area contributed by atoms with Crippen LogP contribution in [0.15, 0.2) is 36.4 Å². The maximum Gasteiger partial charge on any atom is 0.255 e. The van der Waals surface area contributed by atoms with Crippen LogP contribution in [0.4, 0.5) is 11.4 Å². The van der Waals surface area contributed by atoms with Crippen molar-refractivity contribution in [3.63, 3.8) is 0 Å². The molecule has 0 bridgehead atoms. The number of rotatable bonds is 3. The molecule has 2 aromatic rings. The zero-order valence-electron chi connectivity index (χ0n) is 12.2. The summed E-state index contributed by atoms with van der Waals surface area (Å²) in [4.78, 5) is 12.5. The number of amides is 1. The number of nitrogens with one attached hydrogen (secondary N) is 1. The molecule has 2 rings (SSSR count). The van der Waals surface area contributed by atoms with Gasteiger partial charge in [0.25, 0.3) is 5.91 Å². The number of hydrogen-bond donors (Lipinski definition) is 2. The summed E-state index contributed by atoms with van der Waals surface area (Å²) in [7, 11) is 0. The van der Waals surface area contributed by atoms with Crippen molar-refractivity contribution < 1.29 is 4.79 Å². The van der Waals surface area contributed by atoms with Gasteiger partial charge in [0.15, 0.2) is 0 Å². The summed E-state index contributed by atoms with van der Waals surface area (Å²) in [6.45, 7) is 5.93. The maximum atomic E-state index is 12.5. The van der Waals surface area contributed by atoms with E-state index in [1.807, 2.05) is 57.2 Å². The number of carbonyl (C=O) groups is 1. The molecule has 2 aromatic carbocycles. The molecule has 0 fully saturated rings. The second kappa shape index (κ2) is 5.78. The van der Waals surface area contributed by atoms with Gasteiger partial charge in [-0.3, -0.25) is 4.79 Å². The van der Waals surface area contributed by atoms with Crippen LogP contribution in [0.1, 0.15) is 34.0 Å². The summed E-state index contributed by atoms with van der Waals surface area (Å²) in [6, 6.07) is 11.4. The van der Waals surface area contributed by atoms with Gasteiger partial charge < -0.3 is 11.1 Å². The van der Waals surface area contributed by atoms with Crippen molar-refractivity contribution in [2.24, 2.45) is 0 Å². The molecule has 0 radical (unpaired) electrons. The Kier molecular flexibility index (Phi) is 4.08. The molecular weight excluding hydrogens is 248 g/mol. The zero-order chi connectivity index (χ0) is 14.7. The lowest BCUT2D eigenvalue weighted by molar-refractivity contribution is 0.102. The van der Waals surface area contributed by atoms with Crippen LogP contribution in [-0.4, -0.2) is 5.91 Å². The number of benzene rings is 2. The Bertz CT molecular complexity index is 647. The van der Waals surface area contributed by atoms with Gasteiger partial charge in [-0.05, 0) is 49.1 Å². The lowest BCUT2D eigenvalue weighted by Crippen LogP contribution is -2.16. The van der Waals surface area contributed by atoms with Crippen molar-refractivity contribution in [2.45, 2.75) is 27.2 Å². The van der Waals surface area contributed by atoms with E-state index in [9.17, 15) is 4.79 Å². The first-order valence-electron chi connectivity index (χ1n) is 6.79. The second-order valence-electron chi connectivity index (χ2n) is 4.94. The molecule has 0 saturated carbocycles.